The lowest BCUT2D eigenvalue weighted by Gasteiger charge is -2.10. The molecule has 0 aliphatic heterocycles. The van der Waals surface area contributed by atoms with Crippen molar-refractivity contribution in [2.45, 2.75) is 26.2 Å². The zero-order valence-electron chi connectivity index (χ0n) is 10.4. The van der Waals surface area contributed by atoms with Gasteiger partial charge in [-0.25, -0.2) is 0 Å². The van der Waals surface area contributed by atoms with Crippen molar-refractivity contribution in [1.82, 2.24) is 0 Å². The molecule has 3 nitrogen and oxygen atoms in total. The predicted molar refractivity (Wildman–Crippen MR) is 72.9 cm³/mol. The maximum absolute atomic E-state index is 10.8. The highest BCUT2D eigenvalue weighted by Gasteiger charge is 2.22. The van der Waals surface area contributed by atoms with Gasteiger partial charge < -0.3 is 9.84 Å². The lowest BCUT2D eigenvalue weighted by molar-refractivity contribution is -0.141. The fourth-order valence-electron chi connectivity index (χ4n) is 1.72. The van der Waals surface area contributed by atoms with Crippen LogP contribution in [0, 0.1) is 11.8 Å². The van der Waals surface area contributed by atoms with E-state index in [2.05, 4.69) is 15.9 Å². The predicted octanol–water partition coefficient (Wildman–Crippen LogP) is 3.50. The van der Waals surface area contributed by atoms with Gasteiger partial charge in [-0.1, -0.05) is 13.0 Å². The van der Waals surface area contributed by atoms with E-state index >= 15 is 0 Å². The molecule has 0 heterocycles. The van der Waals surface area contributed by atoms with Crippen LogP contribution in [0.15, 0.2) is 22.7 Å². The normalized spacial score (nSPS) is 16.3. The first-order chi connectivity index (χ1) is 8.56. The van der Waals surface area contributed by atoms with Crippen molar-refractivity contribution >= 4 is 21.9 Å². The second-order valence-electron chi connectivity index (χ2n) is 4.96. The average Bonchev–Trinajstić information content (AvgIpc) is 3.11. The van der Waals surface area contributed by atoms with Crippen LogP contribution in [0.5, 0.6) is 5.75 Å². The molecule has 0 saturated heterocycles. The molecule has 1 unspecified atom stereocenters. The van der Waals surface area contributed by atoms with Gasteiger partial charge in [0.1, 0.15) is 5.75 Å². The van der Waals surface area contributed by atoms with E-state index in [9.17, 15) is 4.79 Å². The number of halogens is 1. The molecule has 1 aromatic carbocycles. The van der Waals surface area contributed by atoms with Gasteiger partial charge in [-0.15, -0.1) is 0 Å². The summed E-state index contributed by atoms with van der Waals surface area (Å²) in [6, 6.07) is 5.80. The summed E-state index contributed by atoms with van der Waals surface area (Å²) in [5.41, 5.74) is 1.01. The van der Waals surface area contributed by atoms with Crippen LogP contribution in [0.2, 0.25) is 0 Å². The molecule has 1 aliphatic rings. The molecule has 18 heavy (non-hydrogen) atoms. The quantitative estimate of drug-likeness (QED) is 0.874. The van der Waals surface area contributed by atoms with Crippen LogP contribution in [0.3, 0.4) is 0 Å². The lowest BCUT2D eigenvalue weighted by Crippen LogP contribution is -2.12. The van der Waals surface area contributed by atoms with Crippen LogP contribution in [0.25, 0.3) is 0 Å². The molecule has 4 heteroatoms. The monoisotopic (exact) mass is 312 g/mol. The van der Waals surface area contributed by atoms with Gasteiger partial charge in [-0.05, 0) is 58.8 Å². The van der Waals surface area contributed by atoms with Gasteiger partial charge in [0.2, 0.25) is 0 Å². The maximum Gasteiger partial charge on any atom is 0.306 e. The van der Waals surface area contributed by atoms with E-state index in [1.54, 1.807) is 6.92 Å². The first-order valence-electron chi connectivity index (χ1n) is 6.20. The van der Waals surface area contributed by atoms with E-state index in [-0.39, 0.29) is 5.92 Å². The van der Waals surface area contributed by atoms with Crippen LogP contribution in [-0.2, 0) is 11.2 Å². The smallest absolute Gasteiger partial charge is 0.306 e. The SMILES string of the molecule is CC(Cc1ccc(OCC2CC2)c(Br)c1)C(=O)O. The standard InChI is InChI=1S/C14H17BrO3/c1-9(14(16)17)6-11-4-5-13(12(15)7-11)18-8-10-2-3-10/h4-5,7,9-10H,2-3,6,8H2,1H3,(H,16,17). The minimum absolute atomic E-state index is 0.366. The number of hydrogen-bond acceptors (Lipinski definition) is 2. The summed E-state index contributed by atoms with van der Waals surface area (Å²) in [4.78, 5) is 10.8. The van der Waals surface area contributed by atoms with Crippen LogP contribution in [0.4, 0.5) is 0 Å². The molecule has 0 spiro atoms. The largest absolute Gasteiger partial charge is 0.492 e. The molecule has 0 radical (unpaired) electrons. The Kier molecular flexibility index (Phi) is 4.27. The van der Waals surface area contributed by atoms with Crippen molar-refractivity contribution in [3.8, 4) is 5.75 Å². The fraction of sp³-hybridized carbons (Fsp3) is 0.500. The Hall–Kier alpha value is -1.03. The lowest BCUT2D eigenvalue weighted by atomic mass is 10.0. The Balaban J connectivity index is 1.97. The fourth-order valence-corrected chi connectivity index (χ4v) is 2.26. The Morgan fingerprint density at radius 1 is 1.56 bits per heavy atom. The van der Waals surface area contributed by atoms with Gasteiger partial charge in [0.15, 0.2) is 0 Å². The van der Waals surface area contributed by atoms with Crippen molar-refractivity contribution < 1.29 is 14.6 Å². The molecular formula is C14H17BrO3. The molecule has 1 fully saturated rings. The number of ether oxygens (including phenoxy) is 1. The Labute approximate surface area is 115 Å². The number of hydrogen-bond donors (Lipinski definition) is 1. The number of benzene rings is 1. The van der Waals surface area contributed by atoms with Crippen molar-refractivity contribution in [1.29, 1.82) is 0 Å². The van der Waals surface area contributed by atoms with E-state index in [1.165, 1.54) is 12.8 Å². The van der Waals surface area contributed by atoms with Crippen LogP contribution < -0.4 is 4.74 Å². The van der Waals surface area contributed by atoms with E-state index in [0.29, 0.717) is 6.42 Å². The zero-order chi connectivity index (χ0) is 13.1. The molecule has 1 N–H and O–H groups in total. The second-order valence-corrected chi connectivity index (χ2v) is 5.82. The third-order valence-electron chi connectivity index (χ3n) is 3.13. The topological polar surface area (TPSA) is 46.5 Å². The summed E-state index contributed by atoms with van der Waals surface area (Å²) in [7, 11) is 0. The molecule has 98 valence electrons. The zero-order valence-corrected chi connectivity index (χ0v) is 11.9. The second kappa shape index (κ2) is 5.74. The summed E-state index contributed by atoms with van der Waals surface area (Å²) in [6.07, 6.45) is 3.08. The average molecular weight is 313 g/mol. The third kappa shape index (κ3) is 3.73. The van der Waals surface area contributed by atoms with Crippen LogP contribution in [-0.4, -0.2) is 17.7 Å². The maximum atomic E-state index is 10.8. The van der Waals surface area contributed by atoms with Crippen LogP contribution >= 0.6 is 15.9 Å². The highest BCUT2D eigenvalue weighted by atomic mass is 79.9. The minimum Gasteiger partial charge on any atom is -0.492 e. The molecular weight excluding hydrogens is 296 g/mol. The Morgan fingerprint density at radius 3 is 2.83 bits per heavy atom. The van der Waals surface area contributed by atoms with Gasteiger partial charge >= 0.3 is 5.97 Å². The summed E-state index contributed by atoms with van der Waals surface area (Å²) >= 11 is 3.47. The Morgan fingerprint density at radius 2 is 2.28 bits per heavy atom. The summed E-state index contributed by atoms with van der Waals surface area (Å²) in [5, 5.41) is 8.88. The van der Waals surface area contributed by atoms with E-state index in [1.807, 2.05) is 18.2 Å². The number of carbonyl (C=O) groups is 1. The number of aliphatic carboxylic acids is 1. The third-order valence-corrected chi connectivity index (χ3v) is 3.75. The van der Waals surface area contributed by atoms with Gasteiger partial charge in [0.05, 0.1) is 17.0 Å². The van der Waals surface area contributed by atoms with Crippen molar-refractivity contribution in [3.05, 3.63) is 28.2 Å². The molecule has 1 aliphatic carbocycles. The summed E-state index contributed by atoms with van der Waals surface area (Å²) in [6.45, 7) is 2.50. The van der Waals surface area contributed by atoms with Gasteiger partial charge in [0, 0.05) is 0 Å². The minimum atomic E-state index is -0.764. The number of carboxylic acid groups (broad SMARTS) is 1. The van der Waals surface area contributed by atoms with Crippen molar-refractivity contribution in [2.24, 2.45) is 11.8 Å². The molecule has 0 bridgehead atoms. The number of carboxylic acids is 1. The molecule has 1 saturated carbocycles. The summed E-state index contributed by atoms with van der Waals surface area (Å²) < 4.78 is 6.61. The van der Waals surface area contributed by atoms with Crippen LogP contribution in [0.1, 0.15) is 25.3 Å². The van der Waals surface area contributed by atoms with E-state index in [4.69, 9.17) is 9.84 Å². The van der Waals surface area contributed by atoms with E-state index < -0.39 is 5.97 Å². The highest BCUT2D eigenvalue weighted by molar-refractivity contribution is 9.10. The van der Waals surface area contributed by atoms with E-state index in [0.717, 1.165) is 28.3 Å². The van der Waals surface area contributed by atoms with Gasteiger partial charge in [-0.3, -0.25) is 4.79 Å². The van der Waals surface area contributed by atoms with Gasteiger partial charge in [0.25, 0.3) is 0 Å². The van der Waals surface area contributed by atoms with Crippen molar-refractivity contribution in [3.63, 3.8) is 0 Å². The molecule has 1 aromatic rings. The van der Waals surface area contributed by atoms with Crippen molar-refractivity contribution in [2.75, 3.05) is 6.61 Å². The molecule has 2 rings (SSSR count). The van der Waals surface area contributed by atoms with Gasteiger partial charge in [-0.2, -0.15) is 0 Å². The molecule has 0 amide bonds. The first kappa shape index (κ1) is 13.4. The Bertz CT molecular complexity index is 441. The summed E-state index contributed by atoms with van der Waals surface area (Å²) in [5.74, 6) is 0.438. The number of rotatable bonds is 6. The highest BCUT2D eigenvalue weighted by Crippen LogP contribution is 2.32. The first-order valence-corrected chi connectivity index (χ1v) is 6.99. The molecule has 1 atom stereocenters. The molecule has 0 aromatic heterocycles.